The molecule has 0 atom stereocenters. The Morgan fingerprint density at radius 3 is 1.48 bits per heavy atom. The van der Waals surface area contributed by atoms with E-state index < -0.39 is 17.5 Å². The molecule has 1 heterocycles. The van der Waals surface area contributed by atoms with Crippen molar-refractivity contribution in [2.45, 2.75) is 126 Å². The van der Waals surface area contributed by atoms with Crippen molar-refractivity contribution >= 4 is 35.6 Å². The molecule has 4 aliphatic rings. The van der Waals surface area contributed by atoms with Gasteiger partial charge in [-0.1, -0.05) is 0 Å². The predicted molar refractivity (Wildman–Crippen MR) is 128 cm³/mol. The summed E-state index contributed by atoms with van der Waals surface area (Å²) in [7, 11) is 15.5. The van der Waals surface area contributed by atoms with Gasteiger partial charge in [0.1, 0.15) is 0 Å². The number of hydrogen-bond acceptors (Lipinski definition) is 1. The molecule has 2 nitrogen and oxygen atoms in total. The van der Waals surface area contributed by atoms with Crippen LogP contribution in [0, 0.1) is 0 Å². The Labute approximate surface area is 189 Å². The molecule has 1 aliphatic heterocycles. The molecule has 1 amide bonds. The second-order valence-corrected chi connectivity index (χ2v) is 33.0. The third-order valence-corrected chi connectivity index (χ3v) is 37.7. The van der Waals surface area contributed by atoms with Crippen LogP contribution in [0.1, 0.15) is 109 Å². The Balaban J connectivity index is 1.82. The molecular weight excluding hydrogens is 509 g/mol. The average Bonchev–Trinajstić information content (AvgIpc) is 3.14. The van der Waals surface area contributed by atoms with Gasteiger partial charge in [0.05, 0.1) is 0 Å². The summed E-state index contributed by atoms with van der Waals surface area (Å²) in [5, 5.41) is 0. The Hall–Kier alpha value is 0.973. The fourth-order valence-electron chi connectivity index (χ4n) is 7.17. The molecule has 4 rings (SSSR count). The zero-order valence-electron chi connectivity index (χ0n) is 18.0. The molecule has 6 heteroatoms. The fourth-order valence-corrected chi connectivity index (χ4v) is 42.9. The van der Waals surface area contributed by atoms with Crippen LogP contribution in [0.5, 0.6) is 0 Å². The maximum atomic E-state index is 12.5. The van der Waals surface area contributed by atoms with E-state index in [9.17, 15) is 4.79 Å². The van der Waals surface area contributed by atoms with Gasteiger partial charge in [0.15, 0.2) is 0 Å². The maximum absolute atomic E-state index is 12.5. The van der Waals surface area contributed by atoms with E-state index in [1.807, 2.05) is 4.90 Å². The summed E-state index contributed by atoms with van der Waals surface area (Å²) >= 11 is -3.11. The van der Waals surface area contributed by atoms with Gasteiger partial charge in [-0.3, -0.25) is 0 Å². The van der Waals surface area contributed by atoms with E-state index in [1.54, 1.807) is 0 Å². The average molecular weight is 551 g/mol. The standard InChI is InChI=1S/C18H33P.C5H7NO.2ClH.Ru/c1-4-10-16(11-5-1)19(17-12-6-2-7-13-17)18-14-8-3-9-15-18;1-6-4-2-3-5(6)7;;;/h16-18H,1-15H2;1H,2-4H2;2*1H;/q;;;;+1/p-1. The molecule has 0 aromatic rings. The summed E-state index contributed by atoms with van der Waals surface area (Å²) in [6.07, 6.45) is 22.4. The molecule has 3 saturated carbocycles. The minimum absolute atomic E-state index is 0.274. The summed E-state index contributed by atoms with van der Waals surface area (Å²) in [4.78, 5) is 14.5. The predicted octanol–water partition coefficient (Wildman–Crippen LogP) is 7.49. The molecule has 171 valence electrons. The van der Waals surface area contributed by atoms with E-state index in [4.69, 9.17) is 19.4 Å². The van der Waals surface area contributed by atoms with Crippen LogP contribution in [0.15, 0.2) is 0 Å². The summed E-state index contributed by atoms with van der Waals surface area (Å²) in [5.41, 5.74) is 0.486. The quantitative estimate of drug-likeness (QED) is 0.257. The molecule has 0 N–H and O–H groups in total. The van der Waals surface area contributed by atoms with Gasteiger partial charge in [-0.2, -0.15) is 0 Å². The molecule has 29 heavy (non-hydrogen) atoms. The van der Waals surface area contributed by atoms with Gasteiger partial charge >= 0.3 is 190 Å². The van der Waals surface area contributed by atoms with Crippen molar-refractivity contribution < 1.29 is 16.7 Å². The van der Waals surface area contributed by atoms with Crippen LogP contribution < -0.4 is 0 Å². The van der Waals surface area contributed by atoms with Gasteiger partial charge in [0, 0.05) is 0 Å². The molecule has 0 aromatic heterocycles. The zero-order valence-corrected chi connectivity index (χ0v) is 22.3. The molecule has 0 unspecified atom stereocenters. The third-order valence-electron chi connectivity index (χ3n) is 8.41. The van der Waals surface area contributed by atoms with Crippen molar-refractivity contribution in [3.05, 3.63) is 0 Å². The molecule has 1 saturated heterocycles. The number of rotatable bonds is 5. The number of amides is 1. The summed E-state index contributed by atoms with van der Waals surface area (Å²) in [6, 6.07) is 0. The monoisotopic (exact) mass is 550 g/mol. The van der Waals surface area contributed by atoms with Crippen molar-refractivity contribution in [3.8, 4) is 0 Å². The Morgan fingerprint density at radius 1 is 0.724 bits per heavy atom. The number of nitrogens with zero attached hydrogens (tertiary/aromatic N) is 1. The SMILES string of the molecule is O=C1CCCN1[CH]=[Ru]([Cl])([Cl])[PH](C1CCCCC1)(C1CCCCC1)C1CCCCC1. The molecule has 3 aliphatic carbocycles. The van der Waals surface area contributed by atoms with Gasteiger partial charge in [0.25, 0.3) is 0 Å². The number of hydrogen-bond donors (Lipinski definition) is 0. The zero-order chi connectivity index (χ0) is 20.3. The van der Waals surface area contributed by atoms with E-state index in [1.165, 1.54) is 96.3 Å². The van der Waals surface area contributed by atoms with Crippen LogP contribution in [-0.4, -0.2) is 39.1 Å². The fraction of sp³-hybridized carbons (Fsp3) is 0.913. The van der Waals surface area contributed by atoms with Crippen molar-refractivity contribution in [1.29, 1.82) is 0 Å². The van der Waals surface area contributed by atoms with E-state index in [2.05, 4.69) is 4.73 Å². The van der Waals surface area contributed by atoms with Crippen LogP contribution in [0.4, 0.5) is 0 Å². The van der Waals surface area contributed by atoms with Gasteiger partial charge in [-0.25, -0.2) is 0 Å². The van der Waals surface area contributed by atoms with E-state index >= 15 is 0 Å². The molecular formula is C23H41Cl2NOPRu. The van der Waals surface area contributed by atoms with Gasteiger partial charge in [-0.05, 0) is 0 Å². The van der Waals surface area contributed by atoms with E-state index in [0.29, 0.717) is 6.42 Å². The first-order valence-corrected chi connectivity index (χ1v) is 22.5. The Kier molecular flexibility index (Phi) is 8.20. The first kappa shape index (κ1) is 23.1. The van der Waals surface area contributed by atoms with Crippen molar-refractivity contribution in [2.75, 3.05) is 6.54 Å². The molecule has 4 fully saturated rings. The first-order valence-electron chi connectivity index (χ1n) is 12.3. The number of likely N-dealkylation sites (tertiary alicyclic amines) is 1. The second kappa shape index (κ2) is 10.3. The van der Waals surface area contributed by atoms with Crippen molar-refractivity contribution in [3.63, 3.8) is 0 Å². The molecule has 0 radical (unpaired) electrons. The normalized spacial score (nSPS) is 27.9. The topological polar surface area (TPSA) is 20.3 Å². The number of carbonyl (C=O) groups excluding carboxylic acids is 1. The summed E-state index contributed by atoms with van der Waals surface area (Å²) in [6.45, 7) is 0.853. The number of halogens is 2. The molecule has 0 aromatic carbocycles. The van der Waals surface area contributed by atoms with Crippen LogP contribution in [-0.2, 0) is 16.7 Å². The second-order valence-electron chi connectivity index (χ2n) is 10.0. The summed E-state index contributed by atoms with van der Waals surface area (Å²) in [5.74, 6) is 0.274. The van der Waals surface area contributed by atoms with Gasteiger partial charge in [-0.15, -0.1) is 0 Å². The van der Waals surface area contributed by atoms with Gasteiger partial charge in [0.2, 0.25) is 0 Å². The Bertz CT molecular complexity index is 573. The van der Waals surface area contributed by atoms with Crippen LogP contribution in [0.3, 0.4) is 0 Å². The summed E-state index contributed by atoms with van der Waals surface area (Å²) < 4.78 is 2.23. The van der Waals surface area contributed by atoms with E-state index in [-0.39, 0.29) is 5.91 Å². The third kappa shape index (κ3) is 4.70. The van der Waals surface area contributed by atoms with Crippen LogP contribution in [0.25, 0.3) is 0 Å². The van der Waals surface area contributed by atoms with Crippen LogP contribution in [0.2, 0.25) is 0 Å². The number of carbonyl (C=O) groups is 1. The molecule has 0 bridgehead atoms. The van der Waals surface area contributed by atoms with Crippen LogP contribution >= 0.6 is 25.0 Å². The Morgan fingerprint density at radius 2 is 1.14 bits per heavy atom. The van der Waals surface area contributed by atoms with Crippen molar-refractivity contribution in [2.24, 2.45) is 0 Å². The van der Waals surface area contributed by atoms with Crippen molar-refractivity contribution in [1.82, 2.24) is 4.90 Å². The minimum atomic E-state index is -3.11. The first-order chi connectivity index (χ1) is 14.1. The van der Waals surface area contributed by atoms with Gasteiger partial charge < -0.3 is 0 Å². The molecule has 0 spiro atoms. The van der Waals surface area contributed by atoms with E-state index in [0.717, 1.165) is 29.9 Å².